The molecule has 1 unspecified atom stereocenters. The summed E-state index contributed by atoms with van der Waals surface area (Å²) in [5, 5.41) is 2.95. The molecule has 4 rings (SSSR count). The Morgan fingerprint density at radius 3 is 2.65 bits per heavy atom. The van der Waals surface area contributed by atoms with Gasteiger partial charge in [-0.05, 0) is 36.2 Å². The van der Waals surface area contributed by atoms with Gasteiger partial charge in [-0.3, -0.25) is 9.59 Å². The van der Waals surface area contributed by atoms with E-state index in [9.17, 15) is 9.59 Å². The lowest BCUT2D eigenvalue weighted by Gasteiger charge is -2.23. The summed E-state index contributed by atoms with van der Waals surface area (Å²) >= 11 is 0. The number of hydrogen-bond acceptors (Lipinski definition) is 4. The maximum atomic E-state index is 13.0. The number of likely N-dealkylation sites (tertiary alicyclic amines) is 1. The highest BCUT2D eigenvalue weighted by Crippen LogP contribution is 2.44. The van der Waals surface area contributed by atoms with Gasteiger partial charge in [-0.25, -0.2) is 0 Å². The van der Waals surface area contributed by atoms with E-state index in [1.807, 2.05) is 24.3 Å². The average Bonchev–Trinajstić information content (AvgIpc) is 3.24. The minimum atomic E-state index is -0.650. The van der Waals surface area contributed by atoms with Crippen LogP contribution in [0.3, 0.4) is 0 Å². The first-order chi connectivity index (χ1) is 12.6. The van der Waals surface area contributed by atoms with Crippen LogP contribution in [-0.4, -0.2) is 44.0 Å². The highest BCUT2D eigenvalue weighted by molar-refractivity contribution is 6.07. The first-order valence-corrected chi connectivity index (χ1v) is 8.51. The zero-order chi connectivity index (χ0) is 18.3. The Hall–Kier alpha value is -3.02. The van der Waals surface area contributed by atoms with Crippen LogP contribution in [0.25, 0.3) is 0 Å². The van der Waals surface area contributed by atoms with E-state index in [4.69, 9.17) is 9.47 Å². The zero-order valence-electron chi connectivity index (χ0n) is 14.7. The SMILES string of the molecule is COc1ccc(C(=O)N2CCC3(C2)C(=O)Nc2ccccc23)cc1OC. The van der Waals surface area contributed by atoms with Crippen LogP contribution in [0.5, 0.6) is 11.5 Å². The maximum absolute atomic E-state index is 13.0. The number of carbonyl (C=O) groups is 2. The van der Waals surface area contributed by atoms with Crippen molar-refractivity contribution in [1.82, 2.24) is 4.90 Å². The molecule has 2 aliphatic rings. The Morgan fingerprint density at radius 1 is 1.12 bits per heavy atom. The average molecular weight is 352 g/mol. The highest BCUT2D eigenvalue weighted by Gasteiger charge is 2.52. The van der Waals surface area contributed by atoms with Crippen LogP contribution in [0.15, 0.2) is 42.5 Å². The second kappa shape index (κ2) is 6.05. The molecule has 6 heteroatoms. The van der Waals surface area contributed by atoms with Crippen molar-refractivity contribution in [2.45, 2.75) is 11.8 Å². The Kier molecular flexibility index (Phi) is 3.83. The molecule has 2 aromatic rings. The van der Waals surface area contributed by atoms with Crippen LogP contribution in [0.1, 0.15) is 22.3 Å². The molecule has 0 saturated carbocycles. The van der Waals surface area contributed by atoms with Crippen molar-refractivity contribution in [2.75, 3.05) is 32.6 Å². The van der Waals surface area contributed by atoms with E-state index in [0.29, 0.717) is 36.6 Å². The van der Waals surface area contributed by atoms with Crippen molar-refractivity contribution < 1.29 is 19.1 Å². The van der Waals surface area contributed by atoms with Crippen molar-refractivity contribution >= 4 is 17.5 Å². The van der Waals surface area contributed by atoms with Crippen LogP contribution < -0.4 is 14.8 Å². The number of carbonyl (C=O) groups excluding carboxylic acids is 2. The van der Waals surface area contributed by atoms with Gasteiger partial charge in [0.25, 0.3) is 5.91 Å². The van der Waals surface area contributed by atoms with Gasteiger partial charge < -0.3 is 19.7 Å². The number of amides is 2. The molecule has 2 aromatic carbocycles. The quantitative estimate of drug-likeness (QED) is 0.921. The molecular weight excluding hydrogens is 332 g/mol. The monoisotopic (exact) mass is 352 g/mol. The molecule has 1 spiro atoms. The maximum Gasteiger partial charge on any atom is 0.254 e. The molecule has 2 amide bonds. The standard InChI is InChI=1S/C20H20N2O4/c1-25-16-8-7-13(11-17(16)26-2)18(23)22-10-9-20(12-22)14-5-3-4-6-15(14)21-19(20)24/h3-8,11H,9-10,12H2,1-2H3,(H,21,24). The van der Waals surface area contributed by atoms with Crippen LogP contribution in [0.2, 0.25) is 0 Å². The molecule has 2 heterocycles. The van der Waals surface area contributed by atoms with Crippen molar-refractivity contribution in [3.63, 3.8) is 0 Å². The molecular formula is C20H20N2O4. The predicted octanol–water partition coefficient (Wildman–Crippen LogP) is 2.44. The molecule has 0 radical (unpaired) electrons. The van der Waals surface area contributed by atoms with Crippen LogP contribution in [0, 0.1) is 0 Å². The summed E-state index contributed by atoms with van der Waals surface area (Å²) < 4.78 is 10.5. The number of fused-ring (bicyclic) bond motifs is 2. The number of nitrogens with zero attached hydrogens (tertiary/aromatic N) is 1. The van der Waals surface area contributed by atoms with E-state index in [-0.39, 0.29) is 11.8 Å². The van der Waals surface area contributed by atoms with E-state index >= 15 is 0 Å². The number of anilines is 1. The Balaban J connectivity index is 1.62. The van der Waals surface area contributed by atoms with E-state index in [2.05, 4.69) is 5.32 Å². The number of methoxy groups -OCH3 is 2. The lowest BCUT2D eigenvalue weighted by molar-refractivity contribution is -0.120. The van der Waals surface area contributed by atoms with E-state index in [0.717, 1.165) is 11.3 Å². The fraction of sp³-hybridized carbons (Fsp3) is 0.300. The second-order valence-electron chi connectivity index (χ2n) is 6.63. The van der Waals surface area contributed by atoms with Crippen LogP contribution in [0.4, 0.5) is 5.69 Å². The molecule has 0 aliphatic carbocycles. The van der Waals surface area contributed by atoms with Gasteiger partial charge in [0.2, 0.25) is 5.91 Å². The lowest BCUT2D eigenvalue weighted by atomic mass is 9.81. The van der Waals surface area contributed by atoms with Gasteiger partial charge in [0.05, 0.1) is 19.6 Å². The number of ether oxygens (including phenoxy) is 2. The van der Waals surface area contributed by atoms with E-state index in [1.165, 1.54) is 7.11 Å². The van der Waals surface area contributed by atoms with Gasteiger partial charge in [0.15, 0.2) is 11.5 Å². The first kappa shape index (κ1) is 16.4. The summed E-state index contributed by atoms with van der Waals surface area (Å²) in [6.45, 7) is 0.915. The van der Waals surface area contributed by atoms with Crippen molar-refractivity contribution in [3.05, 3.63) is 53.6 Å². The van der Waals surface area contributed by atoms with Crippen LogP contribution in [-0.2, 0) is 10.2 Å². The predicted molar refractivity (Wildman–Crippen MR) is 96.8 cm³/mol. The fourth-order valence-corrected chi connectivity index (χ4v) is 3.91. The van der Waals surface area contributed by atoms with Crippen molar-refractivity contribution in [2.24, 2.45) is 0 Å². The summed E-state index contributed by atoms with van der Waals surface area (Å²) in [5.74, 6) is 0.948. The minimum absolute atomic E-state index is 0.0266. The molecule has 1 N–H and O–H groups in total. The Bertz CT molecular complexity index is 895. The van der Waals surface area contributed by atoms with Gasteiger partial charge in [-0.1, -0.05) is 18.2 Å². The molecule has 134 valence electrons. The third-order valence-corrected chi connectivity index (χ3v) is 5.31. The summed E-state index contributed by atoms with van der Waals surface area (Å²) in [7, 11) is 3.09. The van der Waals surface area contributed by atoms with Crippen LogP contribution >= 0.6 is 0 Å². The molecule has 1 saturated heterocycles. The third-order valence-electron chi connectivity index (χ3n) is 5.31. The van der Waals surface area contributed by atoms with Gasteiger partial charge in [0.1, 0.15) is 0 Å². The molecule has 0 bridgehead atoms. The number of para-hydroxylation sites is 1. The molecule has 0 aromatic heterocycles. The number of hydrogen-bond donors (Lipinski definition) is 1. The van der Waals surface area contributed by atoms with Gasteiger partial charge in [-0.2, -0.15) is 0 Å². The second-order valence-corrected chi connectivity index (χ2v) is 6.63. The van der Waals surface area contributed by atoms with Crippen molar-refractivity contribution in [1.29, 1.82) is 0 Å². The molecule has 1 fully saturated rings. The summed E-state index contributed by atoms with van der Waals surface area (Å²) in [5.41, 5.74) is 1.69. The number of rotatable bonds is 3. The number of nitrogens with one attached hydrogen (secondary N) is 1. The summed E-state index contributed by atoms with van der Waals surface area (Å²) in [6.07, 6.45) is 0.620. The smallest absolute Gasteiger partial charge is 0.254 e. The fourth-order valence-electron chi connectivity index (χ4n) is 3.91. The summed E-state index contributed by atoms with van der Waals surface area (Å²) in [6, 6.07) is 12.8. The van der Waals surface area contributed by atoms with E-state index < -0.39 is 5.41 Å². The Morgan fingerprint density at radius 2 is 1.88 bits per heavy atom. The van der Waals surface area contributed by atoms with Gasteiger partial charge >= 0.3 is 0 Å². The molecule has 2 aliphatic heterocycles. The third kappa shape index (κ3) is 2.33. The van der Waals surface area contributed by atoms with Gasteiger partial charge in [-0.15, -0.1) is 0 Å². The zero-order valence-corrected chi connectivity index (χ0v) is 14.7. The summed E-state index contributed by atoms with van der Waals surface area (Å²) in [4.78, 5) is 27.4. The largest absolute Gasteiger partial charge is 0.493 e. The number of benzene rings is 2. The van der Waals surface area contributed by atoms with E-state index in [1.54, 1.807) is 30.2 Å². The molecule has 26 heavy (non-hydrogen) atoms. The normalized spacial score (nSPS) is 20.8. The molecule has 6 nitrogen and oxygen atoms in total. The topological polar surface area (TPSA) is 67.9 Å². The van der Waals surface area contributed by atoms with Crippen molar-refractivity contribution in [3.8, 4) is 11.5 Å². The van der Waals surface area contributed by atoms with Gasteiger partial charge in [0, 0.05) is 24.3 Å². The Labute approximate surface area is 151 Å². The molecule has 1 atom stereocenters. The first-order valence-electron chi connectivity index (χ1n) is 8.51. The highest BCUT2D eigenvalue weighted by atomic mass is 16.5. The lowest BCUT2D eigenvalue weighted by Crippen LogP contribution is -2.39. The minimum Gasteiger partial charge on any atom is -0.493 e.